The van der Waals surface area contributed by atoms with E-state index < -0.39 is 41.3 Å². The second kappa shape index (κ2) is 6.04. The fraction of sp³-hybridized carbons (Fsp3) is 1.00. The van der Waals surface area contributed by atoms with Gasteiger partial charge in [-0.2, -0.15) is 0 Å². The minimum Gasteiger partial charge on any atom is -0.323 e. The van der Waals surface area contributed by atoms with Crippen LogP contribution in [-0.2, 0) is 22.7 Å². The highest BCUT2D eigenvalue weighted by atomic mass is 31.2. The van der Waals surface area contributed by atoms with Crippen LogP contribution in [0.15, 0.2) is 0 Å². The van der Waals surface area contributed by atoms with Crippen molar-refractivity contribution >= 4 is 22.8 Å². The molecule has 0 aromatic rings. The summed E-state index contributed by atoms with van der Waals surface area (Å²) in [5.74, 6) is -1.29. The molecule has 0 rings (SSSR count). The Balaban J connectivity index is 4.65. The molecular weight excluding hydrogens is 299 g/mol. The lowest BCUT2D eigenvalue weighted by Crippen LogP contribution is -2.19. The van der Waals surface area contributed by atoms with Crippen LogP contribution in [0.5, 0.6) is 0 Å². The maximum atomic E-state index is 11.8. The van der Waals surface area contributed by atoms with Gasteiger partial charge in [0.15, 0.2) is 12.7 Å². The average Bonchev–Trinajstić information content (AvgIpc) is 2.09. The summed E-state index contributed by atoms with van der Waals surface area (Å²) in [5.41, 5.74) is 5.21. The van der Waals surface area contributed by atoms with Gasteiger partial charge in [0, 0.05) is 0 Å². The highest BCUT2D eigenvalue weighted by molar-refractivity contribution is 7.57. The van der Waals surface area contributed by atoms with Gasteiger partial charge in [0.25, 0.3) is 0 Å². The lowest BCUT2D eigenvalue weighted by Gasteiger charge is -2.21. The third-order valence-electron chi connectivity index (χ3n) is 1.31. The lowest BCUT2D eigenvalue weighted by atomic mass is 10.8. The first-order valence-electron chi connectivity index (χ1n) is 4.09. The van der Waals surface area contributed by atoms with E-state index in [2.05, 4.69) is 9.05 Å². The van der Waals surface area contributed by atoms with Crippen LogP contribution in [0, 0.1) is 0 Å². The summed E-state index contributed by atoms with van der Waals surface area (Å²) in [7, 11) is -13.4. The SMILES string of the molecule is CC(N)P(=O)(OCP(=O)(O)O)OCP(=O)(O)O. The summed E-state index contributed by atoms with van der Waals surface area (Å²) < 4.78 is 41.5. The zero-order chi connectivity index (χ0) is 13.9. The Morgan fingerprint density at radius 1 is 1.00 bits per heavy atom. The van der Waals surface area contributed by atoms with Crippen molar-refractivity contribution in [2.75, 3.05) is 12.7 Å². The molecule has 0 fully saturated rings. The maximum absolute atomic E-state index is 11.8. The van der Waals surface area contributed by atoms with Crippen LogP contribution in [0.25, 0.3) is 0 Å². The largest absolute Gasteiger partial charge is 0.351 e. The lowest BCUT2D eigenvalue weighted by molar-refractivity contribution is 0.215. The Morgan fingerprint density at radius 3 is 1.47 bits per heavy atom. The number of rotatable bonds is 7. The molecular formula is C4H14NO9P3. The van der Waals surface area contributed by atoms with Gasteiger partial charge < -0.3 is 25.3 Å². The van der Waals surface area contributed by atoms with Crippen LogP contribution in [-0.4, -0.2) is 38.1 Å². The fourth-order valence-electron chi connectivity index (χ4n) is 0.584. The van der Waals surface area contributed by atoms with E-state index in [0.717, 1.165) is 6.92 Å². The number of nitrogens with two attached hydrogens (primary N) is 1. The summed E-state index contributed by atoms with van der Waals surface area (Å²) in [6.45, 7) is 1.15. The summed E-state index contributed by atoms with van der Waals surface area (Å²) in [5, 5.41) is 0. The highest BCUT2D eigenvalue weighted by Gasteiger charge is 2.35. The minimum atomic E-state index is -4.59. The molecule has 0 amide bonds. The van der Waals surface area contributed by atoms with Gasteiger partial charge in [-0.05, 0) is 6.92 Å². The van der Waals surface area contributed by atoms with Gasteiger partial charge in [0.1, 0.15) is 5.78 Å². The van der Waals surface area contributed by atoms with E-state index in [0.29, 0.717) is 0 Å². The van der Waals surface area contributed by atoms with Gasteiger partial charge in [0.2, 0.25) is 0 Å². The zero-order valence-corrected chi connectivity index (χ0v) is 11.4. The first kappa shape index (κ1) is 17.4. The molecule has 10 nitrogen and oxygen atoms in total. The molecule has 0 aliphatic rings. The monoisotopic (exact) mass is 313 g/mol. The van der Waals surface area contributed by atoms with Crippen LogP contribution in [0.2, 0.25) is 0 Å². The van der Waals surface area contributed by atoms with Gasteiger partial charge in [0.05, 0.1) is 0 Å². The average molecular weight is 313 g/mol. The number of hydrogen-bond acceptors (Lipinski definition) is 6. The van der Waals surface area contributed by atoms with Crippen LogP contribution in [0.3, 0.4) is 0 Å². The molecule has 0 heterocycles. The van der Waals surface area contributed by atoms with Crippen molar-refractivity contribution in [3.05, 3.63) is 0 Å². The second-order valence-electron chi connectivity index (χ2n) is 3.13. The van der Waals surface area contributed by atoms with Crippen molar-refractivity contribution in [1.82, 2.24) is 0 Å². The summed E-state index contributed by atoms with van der Waals surface area (Å²) in [6.07, 6.45) is -2.43. The fourth-order valence-corrected chi connectivity index (χ4v) is 3.62. The highest BCUT2D eigenvalue weighted by Crippen LogP contribution is 2.56. The molecule has 0 aromatic carbocycles. The third-order valence-corrected chi connectivity index (χ3v) is 4.62. The summed E-state index contributed by atoms with van der Waals surface area (Å²) in [6, 6.07) is 0. The Kier molecular flexibility index (Phi) is 6.18. The van der Waals surface area contributed by atoms with E-state index in [4.69, 9.17) is 25.3 Å². The van der Waals surface area contributed by atoms with Crippen molar-refractivity contribution < 1.29 is 42.3 Å². The van der Waals surface area contributed by atoms with Crippen LogP contribution in [0.4, 0.5) is 0 Å². The predicted molar refractivity (Wildman–Crippen MR) is 57.2 cm³/mol. The molecule has 0 saturated carbocycles. The molecule has 0 aliphatic heterocycles. The maximum Gasteiger partial charge on any atom is 0.351 e. The van der Waals surface area contributed by atoms with Crippen LogP contribution in [0.1, 0.15) is 6.92 Å². The van der Waals surface area contributed by atoms with Crippen LogP contribution < -0.4 is 5.73 Å². The molecule has 6 N–H and O–H groups in total. The van der Waals surface area contributed by atoms with Crippen molar-refractivity contribution in [2.45, 2.75) is 12.7 Å². The van der Waals surface area contributed by atoms with Crippen molar-refractivity contribution in [1.29, 1.82) is 0 Å². The Morgan fingerprint density at radius 2 is 1.29 bits per heavy atom. The van der Waals surface area contributed by atoms with Gasteiger partial charge in [-0.15, -0.1) is 0 Å². The smallest absolute Gasteiger partial charge is 0.323 e. The number of hydrogen-bond donors (Lipinski definition) is 5. The van der Waals surface area contributed by atoms with Crippen molar-refractivity contribution in [2.24, 2.45) is 5.73 Å². The molecule has 13 heteroatoms. The van der Waals surface area contributed by atoms with Gasteiger partial charge in [-0.1, -0.05) is 0 Å². The van der Waals surface area contributed by atoms with E-state index in [1.54, 1.807) is 0 Å². The molecule has 17 heavy (non-hydrogen) atoms. The quantitative estimate of drug-likeness (QED) is 0.395. The zero-order valence-electron chi connectivity index (χ0n) is 8.74. The van der Waals surface area contributed by atoms with Crippen molar-refractivity contribution in [3.8, 4) is 0 Å². The van der Waals surface area contributed by atoms with Crippen molar-refractivity contribution in [3.63, 3.8) is 0 Å². The standard InChI is InChI=1S/C4H14NO9P3/c1-4(5)17(12,13-2-15(6,7)8)14-3-16(9,10)11/h4H,2-3,5H2,1H3,(H2,6,7,8)(H2,9,10,11). The van der Waals surface area contributed by atoms with Crippen LogP contribution >= 0.6 is 22.8 Å². The molecule has 1 atom stereocenters. The first-order valence-corrected chi connectivity index (χ1v) is 9.30. The van der Waals surface area contributed by atoms with E-state index in [-0.39, 0.29) is 0 Å². The van der Waals surface area contributed by atoms with Gasteiger partial charge in [-0.3, -0.25) is 22.7 Å². The normalized spacial score (nSPS) is 15.9. The molecule has 0 radical (unpaired) electrons. The Hall–Kier alpha value is 0.410. The van der Waals surface area contributed by atoms with Gasteiger partial charge in [-0.25, -0.2) is 0 Å². The topological polar surface area (TPSA) is 177 Å². The van der Waals surface area contributed by atoms with E-state index in [1.165, 1.54) is 0 Å². The Bertz CT molecular complexity index is 352. The second-order valence-corrected chi connectivity index (χ2v) is 8.71. The summed E-state index contributed by atoms with van der Waals surface area (Å²) in [4.78, 5) is 34.0. The molecule has 0 spiro atoms. The van der Waals surface area contributed by atoms with E-state index in [9.17, 15) is 13.7 Å². The third kappa shape index (κ3) is 8.18. The van der Waals surface area contributed by atoms with E-state index in [1.807, 2.05) is 0 Å². The molecule has 0 saturated heterocycles. The van der Waals surface area contributed by atoms with Gasteiger partial charge >= 0.3 is 22.8 Å². The summed E-state index contributed by atoms with van der Waals surface area (Å²) >= 11 is 0. The molecule has 0 aliphatic carbocycles. The minimum absolute atomic E-state index is 1.15. The molecule has 0 aromatic heterocycles. The van der Waals surface area contributed by atoms with E-state index >= 15 is 0 Å². The molecule has 0 bridgehead atoms. The first-order chi connectivity index (χ1) is 7.36. The predicted octanol–water partition coefficient (Wildman–Crippen LogP) is -0.212. The molecule has 104 valence electrons. The Labute approximate surface area is 97.0 Å². The molecule has 1 unspecified atom stereocenters.